The molecule has 0 aromatic carbocycles. The Morgan fingerprint density at radius 1 is 1.00 bits per heavy atom. The van der Waals surface area contributed by atoms with Crippen molar-refractivity contribution in [2.24, 2.45) is 11.1 Å². The largest absolute Gasteiger partial charge is 0.354 e. The molecule has 0 aliphatic carbocycles. The molecule has 25 heavy (non-hydrogen) atoms. The molecule has 0 heterocycles. The Balaban J connectivity index is 4.45. The van der Waals surface area contributed by atoms with Crippen molar-refractivity contribution in [3.8, 4) is 0 Å². The molecule has 0 radical (unpaired) electrons. The van der Waals surface area contributed by atoms with E-state index >= 15 is 0 Å². The molecule has 146 valence electrons. The van der Waals surface area contributed by atoms with Gasteiger partial charge in [0.25, 0.3) is 5.91 Å². The molecule has 3 amide bonds. The third-order valence-electron chi connectivity index (χ3n) is 3.91. The van der Waals surface area contributed by atoms with E-state index in [2.05, 4.69) is 12.2 Å². The minimum atomic E-state index is -0.656. The second-order valence-electron chi connectivity index (χ2n) is 7.35. The summed E-state index contributed by atoms with van der Waals surface area (Å²) in [7, 11) is 1.49. The van der Waals surface area contributed by atoms with Crippen molar-refractivity contribution < 1.29 is 14.4 Å². The zero-order chi connectivity index (χ0) is 19.5. The molecule has 0 spiro atoms. The standard InChI is InChI=1S/C18H36N4O3/c1-6-7-8-9-10-11-12-20-15(23)14-22(16(24)13-19)21(5)17(25)18(2,3)4/h6-14,19H2,1-5H3,(H,20,23). The van der Waals surface area contributed by atoms with Gasteiger partial charge in [-0.15, -0.1) is 0 Å². The first kappa shape index (κ1) is 23.4. The molecule has 7 nitrogen and oxygen atoms in total. The summed E-state index contributed by atoms with van der Waals surface area (Å²) in [6.45, 7) is 7.57. The van der Waals surface area contributed by atoms with Crippen LogP contribution in [0.5, 0.6) is 0 Å². The second kappa shape index (κ2) is 11.8. The topological polar surface area (TPSA) is 95.7 Å². The first-order chi connectivity index (χ1) is 11.6. The molecule has 0 bridgehead atoms. The minimum Gasteiger partial charge on any atom is -0.354 e. The summed E-state index contributed by atoms with van der Waals surface area (Å²) in [4.78, 5) is 36.5. The summed E-state index contributed by atoms with van der Waals surface area (Å²) in [5, 5.41) is 5.11. The monoisotopic (exact) mass is 356 g/mol. The highest BCUT2D eigenvalue weighted by Crippen LogP contribution is 2.17. The van der Waals surface area contributed by atoms with Gasteiger partial charge in [-0.3, -0.25) is 19.4 Å². The lowest BCUT2D eigenvalue weighted by atomic mass is 9.95. The third kappa shape index (κ3) is 9.43. The summed E-state index contributed by atoms with van der Waals surface area (Å²) in [6.07, 6.45) is 6.84. The van der Waals surface area contributed by atoms with E-state index in [-0.39, 0.29) is 24.9 Å². The minimum absolute atomic E-state index is 0.204. The first-order valence-electron chi connectivity index (χ1n) is 9.20. The van der Waals surface area contributed by atoms with Crippen molar-refractivity contribution in [1.29, 1.82) is 0 Å². The van der Waals surface area contributed by atoms with Gasteiger partial charge < -0.3 is 11.1 Å². The number of hydrogen-bond acceptors (Lipinski definition) is 4. The predicted octanol–water partition coefficient (Wildman–Crippen LogP) is 1.67. The first-order valence-corrected chi connectivity index (χ1v) is 9.20. The van der Waals surface area contributed by atoms with Crippen LogP contribution in [0.3, 0.4) is 0 Å². The molecule has 0 rings (SSSR count). The summed E-state index contributed by atoms with van der Waals surface area (Å²) in [5.41, 5.74) is 4.76. The lowest BCUT2D eigenvalue weighted by molar-refractivity contribution is -0.167. The maximum Gasteiger partial charge on any atom is 0.255 e. The maximum atomic E-state index is 12.4. The van der Waals surface area contributed by atoms with Crippen molar-refractivity contribution in [2.45, 2.75) is 66.2 Å². The van der Waals surface area contributed by atoms with Gasteiger partial charge in [0.15, 0.2) is 0 Å². The van der Waals surface area contributed by atoms with Crippen LogP contribution >= 0.6 is 0 Å². The van der Waals surface area contributed by atoms with E-state index in [9.17, 15) is 14.4 Å². The molecule has 3 N–H and O–H groups in total. The Bertz CT molecular complexity index is 433. The van der Waals surface area contributed by atoms with Crippen LogP contribution in [0, 0.1) is 5.41 Å². The lowest BCUT2D eigenvalue weighted by Crippen LogP contribution is -2.55. The number of nitrogens with zero attached hydrogens (tertiary/aromatic N) is 2. The lowest BCUT2D eigenvalue weighted by Gasteiger charge is -2.35. The van der Waals surface area contributed by atoms with Crippen LogP contribution < -0.4 is 11.1 Å². The quantitative estimate of drug-likeness (QED) is 0.460. The Morgan fingerprint density at radius 3 is 2.08 bits per heavy atom. The van der Waals surface area contributed by atoms with Crippen molar-refractivity contribution >= 4 is 17.7 Å². The summed E-state index contributed by atoms with van der Waals surface area (Å²) >= 11 is 0. The molecule has 7 heteroatoms. The summed E-state index contributed by atoms with van der Waals surface area (Å²) in [6, 6.07) is 0. The molecule has 0 fully saturated rings. The van der Waals surface area contributed by atoms with Crippen LogP contribution in [-0.4, -0.2) is 54.4 Å². The zero-order valence-electron chi connectivity index (χ0n) is 16.6. The maximum absolute atomic E-state index is 12.4. The van der Waals surface area contributed by atoms with Gasteiger partial charge >= 0.3 is 0 Å². The molecule has 0 unspecified atom stereocenters. The molecule has 0 aromatic rings. The van der Waals surface area contributed by atoms with E-state index < -0.39 is 11.3 Å². The van der Waals surface area contributed by atoms with Crippen LogP contribution in [0.15, 0.2) is 0 Å². The normalized spacial score (nSPS) is 11.1. The number of hydrazine groups is 1. The van der Waals surface area contributed by atoms with Gasteiger partial charge in [-0.1, -0.05) is 59.8 Å². The van der Waals surface area contributed by atoms with E-state index in [4.69, 9.17) is 5.73 Å². The molecular weight excluding hydrogens is 320 g/mol. The molecule has 0 saturated heterocycles. The fourth-order valence-corrected chi connectivity index (χ4v) is 2.39. The van der Waals surface area contributed by atoms with E-state index in [1.54, 1.807) is 20.8 Å². The number of unbranched alkanes of at least 4 members (excludes halogenated alkanes) is 5. The van der Waals surface area contributed by atoms with E-state index in [1.165, 1.54) is 37.7 Å². The van der Waals surface area contributed by atoms with E-state index in [0.717, 1.165) is 17.9 Å². The highest BCUT2D eigenvalue weighted by atomic mass is 16.2. The van der Waals surface area contributed by atoms with Gasteiger partial charge in [-0.25, -0.2) is 5.01 Å². The third-order valence-corrected chi connectivity index (χ3v) is 3.91. The Hall–Kier alpha value is -1.63. The van der Waals surface area contributed by atoms with Gasteiger partial charge in [0.1, 0.15) is 6.54 Å². The highest BCUT2D eigenvalue weighted by Gasteiger charge is 2.31. The van der Waals surface area contributed by atoms with Crippen molar-refractivity contribution in [3.63, 3.8) is 0 Å². The van der Waals surface area contributed by atoms with Crippen LogP contribution in [-0.2, 0) is 14.4 Å². The fraction of sp³-hybridized carbons (Fsp3) is 0.833. The number of nitrogens with two attached hydrogens (primary N) is 1. The average molecular weight is 357 g/mol. The van der Waals surface area contributed by atoms with Crippen LogP contribution in [0.1, 0.15) is 66.2 Å². The van der Waals surface area contributed by atoms with Crippen molar-refractivity contribution in [3.05, 3.63) is 0 Å². The smallest absolute Gasteiger partial charge is 0.255 e. The predicted molar refractivity (Wildman–Crippen MR) is 99.4 cm³/mol. The SMILES string of the molecule is CCCCCCCCNC(=O)CN(C(=O)CN)N(C)C(=O)C(C)(C)C. The number of rotatable bonds is 10. The number of nitrogens with one attached hydrogen (secondary N) is 1. The number of amides is 3. The van der Waals surface area contributed by atoms with E-state index in [1.807, 2.05) is 0 Å². The molecule has 0 saturated carbocycles. The van der Waals surface area contributed by atoms with Crippen LogP contribution in [0.4, 0.5) is 0 Å². The van der Waals surface area contributed by atoms with Gasteiger partial charge in [0.05, 0.1) is 6.54 Å². The summed E-state index contributed by atoms with van der Waals surface area (Å²) < 4.78 is 0. The van der Waals surface area contributed by atoms with Gasteiger partial charge in [0.2, 0.25) is 11.8 Å². The van der Waals surface area contributed by atoms with Crippen molar-refractivity contribution in [2.75, 3.05) is 26.7 Å². The highest BCUT2D eigenvalue weighted by molar-refractivity contribution is 5.89. The number of hydrogen-bond donors (Lipinski definition) is 2. The molecule has 0 aromatic heterocycles. The molecule has 0 atom stereocenters. The molecule has 0 aliphatic rings. The molecule has 0 aliphatic heterocycles. The van der Waals surface area contributed by atoms with Crippen LogP contribution in [0.25, 0.3) is 0 Å². The fourth-order valence-electron chi connectivity index (χ4n) is 2.39. The van der Waals surface area contributed by atoms with Crippen LogP contribution in [0.2, 0.25) is 0 Å². The van der Waals surface area contributed by atoms with E-state index in [0.29, 0.717) is 6.54 Å². The van der Waals surface area contributed by atoms with Gasteiger partial charge in [-0.05, 0) is 6.42 Å². The Labute approximate surface area is 152 Å². The summed E-state index contributed by atoms with van der Waals surface area (Å²) in [5.74, 6) is -1.00. The second-order valence-corrected chi connectivity index (χ2v) is 7.35. The number of carbonyl (C=O) groups excluding carboxylic acids is 3. The zero-order valence-corrected chi connectivity index (χ0v) is 16.6. The van der Waals surface area contributed by atoms with Gasteiger partial charge in [-0.2, -0.15) is 0 Å². The average Bonchev–Trinajstić information content (AvgIpc) is 2.56. The van der Waals surface area contributed by atoms with Crippen molar-refractivity contribution in [1.82, 2.24) is 15.3 Å². The Morgan fingerprint density at radius 2 is 1.56 bits per heavy atom. The Kier molecular flexibility index (Phi) is 11.1. The van der Waals surface area contributed by atoms with Gasteiger partial charge in [0, 0.05) is 19.0 Å². The molecular formula is C18H36N4O3. The number of carbonyl (C=O) groups is 3.